The fourth-order valence-corrected chi connectivity index (χ4v) is 9.17. The number of fused-ring (bicyclic) bond motifs is 7. The van der Waals surface area contributed by atoms with Crippen molar-refractivity contribution in [2.24, 2.45) is 46.3 Å². The Labute approximate surface area is 190 Å². The van der Waals surface area contributed by atoms with Crippen LogP contribution in [0.1, 0.15) is 92.9 Å². The standard InChI is InChI=1S/C28H47NO2/c1-7-17(2)16-29-28(6)18(3)25-24(31-28)15-23-21-9-8-19-14-20(30)10-12-26(19,4)22(21)11-13-27(23,25)5/h8,17-18,20-25,29-30H,7,9-16H2,1-6H3/t17-,18+,20+,21?,22?,23?,24?,25?,26+,27+,28-/m1/s1. The van der Waals surface area contributed by atoms with Gasteiger partial charge in [-0.25, -0.2) is 0 Å². The molecule has 0 aromatic heterocycles. The summed E-state index contributed by atoms with van der Waals surface area (Å²) in [7, 11) is 0. The van der Waals surface area contributed by atoms with Crippen molar-refractivity contribution >= 4 is 0 Å². The molecule has 0 aromatic carbocycles. The third kappa shape index (κ3) is 3.23. The number of ether oxygens (including phenoxy) is 1. The largest absolute Gasteiger partial charge is 0.393 e. The molecule has 3 saturated carbocycles. The van der Waals surface area contributed by atoms with Gasteiger partial charge in [-0.1, -0.05) is 52.7 Å². The van der Waals surface area contributed by atoms with Crippen molar-refractivity contribution in [3.63, 3.8) is 0 Å². The lowest BCUT2D eigenvalue weighted by Crippen LogP contribution is -2.53. The summed E-state index contributed by atoms with van der Waals surface area (Å²) in [4.78, 5) is 0. The van der Waals surface area contributed by atoms with Crippen LogP contribution in [0.2, 0.25) is 0 Å². The van der Waals surface area contributed by atoms with E-state index in [4.69, 9.17) is 4.74 Å². The van der Waals surface area contributed by atoms with Crippen LogP contribution < -0.4 is 5.32 Å². The molecule has 1 aliphatic heterocycles. The van der Waals surface area contributed by atoms with Gasteiger partial charge in [0.2, 0.25) is 0 Å². The summed E-state index contributed by atoms with van der Waals surface area (Å²) in [6.45, 7) is 15.6. The van der Waals surface area contributed by atoms with E-state index in [1.165, 1.54) is 38.5 Å². The summed E-state index contributed by atoms with van der Waals surface area (Å²) in [5, 5.41) is 14.1. The van der Waals surface area contributed by atoms with Crippen molar-refractivity contribution in [2.45, 2.75) is 111 Å². The van der Waals surface area contributed by atoms with Crippen LogP contribution in [0.3, 0.4) is 0 Å². The van der Waals surface area contributed by atoms with Gasteiger partial charge in [-0.3, -0.25) is 5.32 Å². The fraction of sp³-hybridized carbons (Fsp3) is 0.929. The molecule has 2 N–H and O–H groups in total. The maximum Gasteiger partial charge on any atom is 0.119 e. The number of rotatable bonds is 4. The Balaban J connectivity index is 1.37. The molecule has 176 valence electrons. The zero-order valence-electron chi connectivity index (χ0n) is 20.9. The molecular weight excluding hydrogens is 382 g/mol. The second-order valence-corrected chi connectivity index (χ2v) is 12.9. The van der Waals surface area contributed by atoms with E-state index in [-0.39, 0.29) is 11.8 Å². The highest BCUT2D eigenvalue weighted by atomic mass is 16.5. The summed E-state index contributed by atoms with van der Waals surface area (Å²) in [5.74, 6) is 4.35. The highest BCUT2D eigenvalue weighted by Gasteiger charge is 2.67. The highest BCUT2D eigenvalue weighted by molar-refractivity contribution is 5.26. The molecule has 5 rings (SSSR count). The number of hydrogen-bond acceptors (Lipinski definition) is 3. The summed E-state index contributed by atoms with van der Waals surface area (Å²) in [6, 6.07) is 0. The third-order valence-corrected chi connectivity index (χ3v) is 11.5. The van der Waals surface area contributed by atoms with Crippen molar-refractivity contribution in [2.75, 3.05) is 6.54 Å². The first-order valence-corrected chi connectivity index (χ1v) is 13.4. The van der Waals surface area contributed by atoms with Crippen LogP contribution >= 0.6 is 0 Å². The summed E-state index contributed by atoms with van der Waals surface area (Å²) < 4.78 is 6.90. The fourth-order valence-electron chi connectivity index (χ4n) is 9.17. The normalized spacial score (nSPS) is 54.4. The van der Waals surface area contributed by atoms with E-state index in [0.717, 1.165) is 37.1 Å². The maximum absolute atomic E-state index is 10.3. The Hall–Kier alpha value is -0.380. The van der Waals surface area contributed by atoms with Crippen molar-refractivity contribution in [3.8, 4) is 0 Å². The second-order valence-electron chi connectivity index (χ2n) is 12.9. The van der Waals surface area contributed by atoms with Gasteiger partial charge >= 0.3 is 0 Å². The van der Waals surface area contributed by atoms with E-state index in [1.807, 2.05) is 0 Å². The molecule has 0 spiro atoms. The van der Waals surface area contributed by atoms with Crippen LogP contribution in [0.15, 0.2) is 11.6 Å². The van der Waals surface area contributed by atoms with E-state index >= 15 is 0 Å². The molecule has 0 bridgehead atoms. The first-order chi connectivity index (χ1) is 14.6. The minimum atomic E-state index is -0.172. The zero-order chi connectivity index (χ0) is 22.2. The van der Waals surface area contributed by atoms with Gasteiger partial charge < -0.3 is 9.84 Å². The lowest BCUT2D eigenvalue weighted by molar-refractivity contribution is -0.0894. The van der Waals surface area contributed by atoms with Crippen LogP contribution in [0.25, 0.3) is 0 Å². The Morgan fingerprint density at radius 2 is 1.97 bits per heavy atom. The summed E-state index contributed by atoms with van der Waals surface area (Å²) in [5.41, 5.74) is 2.16. The predicted octanol–water partition coefficient (Wildman–Crippen LogP) is 5.92. The molecule has 4 aliphatic carbocycles. The molecule has 0 aromatic rings. The van der Waals surface area contributed by atoms with E-state index in [1.54, 1.807) is 5.57 Å². The molecule has 3 heteroatoms. The molecule has 0 amide bonds. The third-order valence-electron chi connectivity index (χ3n) is 11.5. The Morgan fingerprint density at radius 1 is 1.19 bits per heavy atom. The number of aliphatic hydroxyl groups is 1. The van der Waals surface area contributed by atoms with Gasteiger partial charge in [0.25, 0.3) is 0 Å². The zero-order valence-corrected chi connectivity index (χ0v) is 20.9. The van der Waals surface area contributed by atoms with Gasteiger partial charge in [-0.15, -0.1) is 0 Å². The Bertz CT molecular complexity index is 735. The second kappa shape index (κ2) is 7.57. The molecule has 11 atom stereocenters. The molecule has 5 aliphatic rings. The smallest absolute Gasteiger partial charge is 0.119 e. The van der Waals surface area contributed by atoms with E-state index in [0.29, 0.717) is 34.7 Å². The minimum absolute atomic E-state index is 0.106. The minimum Gasteiger partial charge on any atom is -0.393 e. The van der Waals surface area contributed by atoms with Gasteiger partial charge in [-0.2, -0.15) is 0 Å². The maximum atomic E-state index is 10.3. The Morgan fingerprint density at radius 3 is 2.71 bits per heavy atom. The molecule has 0 radical (unpaired) electrons. The SMILES string of the molecule is CC[C@@H](C)CN[C@]1(C)OC2CC3C4CC=C5C[C@@H](O)CC[C@]5(C)C4CC[C@]3(C)C2[C@@H]1C. The van der Waals surface area contributed by atoms with Gasteiger partial charge in [0.15, 0.2) is 0 Å². The van der Waals surface area contributed by atoms with Crippen LogP contribution in [0, 0.1) is 46.3 Å². The number of hydrogen-bond donors (Lipinski definition) is 2. The highest BCUT2D eigenvalue weighted by Crippen LogP contribution is 2.69. The molecule has 4 fully saturated rings. The first kappa shape index (κ1) is 22.4. The van der Waals surface area contributed by atoms with Crippen LogP contribution in [0.4, 0.5) is 0 Å². The average Bonchev–Trinajstić information content (AvgIpc) is 3.17. The van der Waals surface area contributed by atoms with E-state index in [9.17, 15) is 5.11 Å². The summed E-state index contributed by atoms with van der Waals surface area (Å²) in [6.07, 6.45) is 12.4. The monoisotopic (exact) mass is 429 g/mol. The van der Waals surface area contributed by atoms with Crippen LogP contribution in [-0.2, 0) is 4.74 Å². The lowest BCUT2D eigenvalue weighted by Gasteiger charge is -2.58. The van der Waals surface area contributed by atoms with Gasteiger partial charge in [0.1, 0.15) is 5.72 Å². The molecule has 1 heterocycles. The average molecular weight is 430 g/mol. The van der Waals surface area contributed by atoms with Crippen LogP contribution in [-0.4, -0.2) is 29.6 Å². The van der Waals surface area contributed by atoms with E-state index < -0.39 is 0 Å². The van der Waals surface area contributed by atoms with Crippen LogP contribution in [0.5, 0.6) is 0 Å². The number of allylic oxidation sites excluding steroid dienone is 1. The predicted molar refractivity (Wildman–Crippen MR) is 126 cm³/mol. The van der Waals surface area contributed by atoms with E-state index in [2.05, 4.69) is 52.9 Å². The van der Waals surface area contributed by atoms with Crippen molar-refractivity contribution < 1.29 is 9.84 Å². The number of nitrogens with one attached hydrogen (secondary N) is 1. The molecule has 31 heavy (non-hydrogen) atoms. The van der Waals surface area contributed by atoms with Crippen molar-refractivity contribution in [1.29, 1.82) is 0 Å². The van der Waals surface area contributed by atoms with Crippen molar-refractivity contribution in [1.82, 2.24) is 5.32 Å². The molecule has 3 nitrogen and oxygen atoms in total. The van der Waals surface area contributed by atoms with Crippen molar-refractivity contribution in [3.05, 3.63) is 11.6 Å². The van der Waals surface area contributed by atoms with Gasteiger partial charge in [0.05, 0.1) is 12.2 Å². The Kier molecular flexibility index (Phi) is 5.47. The number of aliphatic hydroxyl groups excluding tert-OH is 1. The molecular formula is C28H47NO2. The van der Waals surface area contributed by atoms with Gasteiger partial charge in [0, 0.05) is 12.5 Å². The molecule has 5 unspecified atom stereocenters. The quantitative estimate of drug-likeness (QED) is 0.545. The topological polar surface area (TPSA) is 41.5 Å². The molecule has 1 saturated heterocycles. The summed E-state index contributed by atoms with van der Waals surface area (Å²) >= 11 is 0. The first-order valence-electron chi connectivity index (χ1n) is 13.4. The van der Waals surface area contributed by atoms with Gasteiger partial charge in [-0.05, 0) is 92.3 Å². The lowest BCUT2D eigenvalue weighted by atomic mass is 9.47.